The third-order valence-corrected chi connectivity index (χ3v) is 3.54. The van der Waals surface area contributed by atoms with Crippen LogP contribution in [-0.4, -0.2) is 12.2 Å². The summed E-state index contributed by atoms with van der Waals surface area (Å²) in [6, 6.07) is 16.4. The number of thioether (sulfide) groups is 1. The molecule has 0 saturated carbocycles. The number of hydrogen-bond donors (Lipinski definition) is 2. The maximum atomic E-state index is 12.0. The second kappa shape index (κ2) is 6.41. The Morgan fingerprint density at radius 3 is 2.32 bits per heavy atom. The van der Waals surface area contributed by atoms with Crippen molar-refractivity contribution in [2.24, 2.45) is 5.73 Å². The zero-order valence-electron chi connectivity index (χ0n) is 10.7. The highest BCUT2D eigenvalue weighted by Crippen LogP contribution is 2.18. The van der Waals surface area contributed by atoms with Gasteiger partial charge in [-0.15, -0.1) is 11.8 Å². The van der Waals surface area contributed by atoms with Crippen LogP contribution in [0.1, 0.15) is 11.6 Å². The van der Waals surface area contributed by atoms with Crippen LogP contribution in [-0.2, 0) is 4.79 Å². The minimum absolute atomic E-state index is 0.205. The molecular formula is C15H16N2OS. The van der Waals surface area contributed by atoms with Crippen molar-refractivity contribution in [2.45, 2.75) is 10.9 Å². The van der Waals surface area contributed by atoms with Gasteiger partial charge < -0.3 is 11.1 Å². The van der Waals surface area contributed by atoms with Crippen LogP contribution in [0.4, 0.5) is 5.69 Å². The van der Waals surface area contributed by atoms with E-state index < -0.39 is 6.04 Å². The first-order chi connectivity index (χ1) is 9.20. The van der Waals surface area contributed by atoms with Crippen LogP contribution < -0.4 is 11.1 Å². The molecule has 3 nitrogen and oxygen atoms in total. The molecule has 1 amide bonds. The number of nitrogens with two attached hydrogens (primary N) is 1. The molecule has 0 unspecified atom stereocenters. The van der Waals surface area contributed by atoms with E-state index in [1.54, 1.807) is 11.8 Å². The first-order valence-corrected chi connectivity index (χ1v) is 7.18. The van der Waals surface area contributed by atoms with Crippen molar-refractivity contribution in [2.75, 3.05) is 11.6 Å². The predicted octanol–water partition coefficient (Wildman–Crippen LogP) is 3.05. The Morgan fingerprint density at radius 2 is 1.74 bits per heavy atom. The van der Waals surface area contributed by atoms with Gasteiger partial charge in [-0.1, -0.05) is 30.3 Å². The summed E-state index contributed by atoms with van der Waals surface area (Å²) in [7, 11) is 0. The van der Waals surface area contributed by atoms with Crippen LogP contribution in [0.25, 0.3) is 0 Å². The molecule has 0 aliphatic rings. The number of nitrogens with one attached hydrogen (secondary N) is 1. The second-order valence-corrected chi connectivity index (χ2v) is 4.99. The van der Waals surface area contributed by atoms with Gasteiger partial charge in [0.15, 0.2) is 0 Å². The second-order valence-electron chi connectivity index (χ2n) is 4.11. The van der Waals surface area contributed by atoms with E-state index >= 15 is 0 Å². The Labute approximate surface area is 117 Å². The van der Waals surface area contributed by atoms with E-state index in [2.05, 4.69) is 5.32 Å². The number of amides is 1. The highest BCUT2D eigenvalue weighted by atomic mass is 32.2. The Bertz CT molecular complexity index is 540. The van der Waals surface area contributed by atoms with E-state index in [0.29, 0.717) is 0 Å². The Balaban J connectivity index is 2.04. The van der Waals surface area contributed by atoms with Crippen molar-refractivity contribution in [1.82, 2.24) is 0 Å². The SMILES string of the molecule is CSc1ccc(NC(=O)[C@@H](N)c2ccccc2)cc1. The summed E-state index contributed by atoms with van der Waals surface area (Å²) in [6.45, 7) is 0. The summed E-state index contributed by atoms with van der Waals surface area (Å²) in [6.07, 6.45) is 2.01. The third kappa shape index (κ3) is 3.59. The van der Waals surface area contributed by atoms with Gasteiger partial charge >= 0.3 is 0 Å². The summed E-state index contributed by atoms with van der Waals surface area (Å²) in [4.78, 5) is 13.2. The van der Waals surface area contributed by atoms with Crippen LogP contribution in [0, 0.1) is 0 Å². The van der Waals surface area contributed by atoms with Crippen molar-refractivity contribution in [3.8, 4) is 0 Å². The first-order valence-electron chi connectivity index (χ1n) is 5.96. The molecule has 0 spiro atoms. The average molecular weight is 272 g/mol. The molecule has 0 bridgehead atoms. The fraction of sp³-hybridized carbons (Fsp3) is 0.133. The van der Waals surface area contributed by atoms with Crippen molar-refractivity contribution < 1.29 is 4.79 Å². The zero-order valence-corrected chi connectivity index (χ0v) is 11.5. The van der Waals surface area contributed by atoms with Gasteiger partial charge in [0.2, 0.25) is 5.91 Å². The van der Waals surface area contributed by atoms with E-state index in [0.717, 1.165) is 16.1 Å². The van der Waals surface area contributed by atoms with Crippen LogP contribution in [0.2, 0.25) is 0 Å². The van der Waals surface area contributed by atoms with Gasteiger partial charge in [0.05, 0.1) is 0 Å². The summed E-state index contributed by atoms with van der Waals surface area (Å²) >= 11 is 1.66. The minimum Gasteiger partial charge on any atom is -0.324 e. The highest BCUT2D eigenvalue weighted by Gasteiger charge is 2.15. The molecule has 0 aromatic heterocycles. The van der Waals surface area contributed by atoms with Gasteiger partial charge in [-0.3, -0.25) is 4.79 Å². The number of rotatable bonds is 4. The number of hydrogen-bond acceptors (Lipinski definition) is 3. The van der Waals surface area contributed by atoms with E-state index in [-0.39, 0.29) is 5.91 Å². The van der Waals surface area contributed by atoms with Gasteiger partial charge in [-0.25, -0.2) is 0 Å². The number of anilines is 1. The molecule has 0 aliphatic carbocycles. The smallest absolute Gasteiger partial charge is 0.245 e. The van der Waals surface area contributed by atoms with Crippen molar-refractivity contribution in [3.63, 3.8) is 0 Å². The Morgan fingerprint density at radius 1 is 1.11 bits per heavy atom. The molecule has 0 aliphatic heterocycles. The number of carbonyl (C=O) groups excluding carboxylic acids is 1. The fourth-order valence-electron chi connectivity index (χ4n) is 1.71. The molecule has 0 radical (unpaired) electrons. The summed E-state index contributed by atoms with van der Waals surface area (Å²) in [5.74, 6) is -0.205. The quantitative estimate of drug-likeness (QED) is 0.841. The van der Waals surface area contributed by atoms with E-state index in [9.17, 15) is 4.79 Å². The van der Waals surface area contributed by atoms with Gasteiger partial charge in [-0.2, -0.15) is 0 Å². The van der Waals surface area contributed by atoms with Crippen LogP contribution in [0.3, 0.4) is 0 Å². The summed E-state index contributed by atoms with van der Waals surface area (Å²) in [5.41, 5.74) is 7.49. The molecular weight excluding hydrogens is 256 g/mol. The topological polar surface area (TPSA) is 55.1 Å². The molecule has 2 aromatic carbocycles. The third-order valence-electron chi connectivity index (χ3n) is 2.80. The molecule has 3 N–H and O–H groups in total. The van der Waals surface area contributed by atoms with Crippen molar-refractivity contribution in [1.29, 1.82) is 0 Å². The van der Waals surface area contributed by atoms with Gasteiger partial charge in [0.25, 0.3) is 0 Å². The molecule has 4 heteroatoms. The van der Waals surface area contributed by atoms with E-state index in [1.807, 2.05) is 60.9 Å². The molecule has 2 rings (SSSR count). The zero-order chi connectivity index (χ0) is 13.7. The largest absolute Gasteiger partial charge is 0.324 e. The lowest BCUT2D eigenvalue weighted by Crippen LogP contribution is -2.27. The predicted molar refractivity (Wildman–Crippen MR) is 80.2 cm³/mol. The molecule has 0 fully saturated rings. The lowest BCUT2D eigenvalue weighted by atomic mass is 10.1. The summed E-state index contributed by atoms with van der Waals surface area (Å²) in [5, 5.41) is 2.82. The van der Waals surface area contributed by atoms with Gasteiger partial charge in [0, 0.05) is 10.6 Å². The van der Waals surface area contributed by atoms with E-state index in [4.69, 9.17) is 5.73 Å². The highest BCUT2D eigenvalue weighted by molar-refractivity contribution is 7.98. The first kappa shape index (κ1) is 13.6. The van der Waals surface area contributed by atoms with Gasteiger partial charge in [-0.05, 0) is 36.1 Å². The van der Waals surface area contributed by atoms with Crippen LogP contribution in [0.5, 0.6) is 0 Å². The minimum atomic E-state index is -0.651. The molecule has 0 heterocycles. The lowest BCUT2D eigenvalue weighted by molar-refractivity contribution is -0.117. The standard InChI is InChI=1S/C15H16N2OS/c1-19-13-9-7-12(8-10-13)17-15(18)14(16)11-5-3-2-4-6-11/h2-10,14H,16H2,1H3,(H,17,18)/t14-/m0/s1. The molecule has 1 atom stereocenters. The maximum Gasteiger partial charge on any atom is 0.245 e. The number of carbonyl (C=O) groups is 1. The maximum absolute atomic E-state index is 12.0. The lowest BCUT2D eigenvalue weighted by Gasteiger charge is -2.12. The number of benzene rings is 2. The molecule has 98 valence electrons. The van der Waals surface area contributed by atoms with Crippen molar-refractivity contribution in [3.05, 3.63) is 60.2 Å². The van der Waals surface area contributed by atoms with Crippen molar-refractivity contribution >= 4 is 23.4 Å². The average Bonchev–Trinajstić information content (AvgIpc) is 2.48. The molecule has 2 aromatic rings. The molecule has 0 saturated heterocycles. The van der Waals surface area contributed by atoms with E-state index in [1.165, 1.54) is 0 Å². The fourth-order valence-corrected chi connectivity index (χ4v) is 2.11. The monoisotopic (exact) mass is 272 g/mol. The summed E-state index contributed by atoms with van der Waals surface area (Å²) < 4.78 is 0. The Hall–Kier alpha value is -1.78. The normalized spacial score (nSPS) is 11.9. The van der Waals surface area contributed by atoms with Crippen LogP contribution >= 0.6 is 11.8 Å². The Kier molecular flexibility index (Phi) is 4.60. The van der Waals surface area contributed by atoms with Crippen LogP contribution in [0.15, 0.2) is 59.5 Å². The van der Waals surface area contributed by atoms with Gasteiger partial charge in [0.1, 0.15) is 6.04 Å². The molecule has 19 heavy (non-hydrogen) atoms.